The van der Waals surface area contributed by atoms with E-state index in [-0.39, 0.29) is 19.3 Å². The van der Waals surface area contributed by atoms with Gasteiger partial charge in [-0.2, -0.15) is 0 Å². The Morgan fingerprint density at radius 3 is 2.47 bits per heavy atom. The number of aliphatic hydroxyl groups excluding tert-OH is 2. The molecule has 2 aromatic carbocycles. The molecule has 7 heteroatoms. The van der Waals surface area contributed by atoms with Crippen molar-refractivity contribution in [3.05, 3.63) is 83.4 Å². The third-order valence-electron chi connectivity index (χ3n) is 5.05. The molecule has 32 heavy (non-hydrogen) atoms. The maximum absolute atomic E-state index is 9.80. The summed E-state index contributed by atoms with van der Waals surface area (Å²) in [5.41, 5.74) is 3.75. The van der Waals surface area contributed by atoms with Crippen molar-refractivity contribution in [2.75, 3.05) is 13.2 Å². The number of hydrogen-bond acceptors (Lipinski definition) is 6. The lowest BCUT2D eigenvalue weighted by Crippen LogP contribution is -2.13. The Morgan fingerprint density at radius 1 is 1.12 bits per heavy atom. The molecule has 0 amide bonds. The number of hydrogen-bond donors (Lipinski definition) is 2. The van der Waals surface area contributed by atoms with Crippen molar-refractivity contribution < 1.29 is 19.8 Å². The molecule has 0 bridgehead atoms. The summed E-state index contributed by atoms with van der Waals surface area (Å²) in [7, 11) is 0. The summed E-state index contributed by atoms with van der Waals surface area (Å²) in [5.74, 6) is 7.63. The van der Waals surface area contributed by atoms with Gasteiger partial charge in [-0.1, -0.05) is 29.1 Å². The minimum absolute atomic E-state index is 0.00851. The van der Waals surface area contributed by atoms with Crippen molar-refractivity contribution in [1.82, 2.24) is 9.55 Å². The molecule has 0 saturated carbocycles. The predicted octanol–water partition coefficient (Wildman–Crippen LogP) is 3.22. The fourth-order valence-electron chi connectivity index (χ4n) is 3.44. The molecular weight excluding hydrogens is 406 g/mol. The first-order chi connectivity index (χ1) is 15.6. The van der Waals surface area contributed by atoms with E-state index in [4.69, 9.17) is 14.7 Å². The fourth-order valence-corrected chi connectivity index (χ4v) is 3.44. The molecule has 1 aromatic heterocycles. The summed E-state index contributed by atoms with van der Waals surface area (Å²) in [6.45, 7) is 2.51. The SMILES string of the molecule is C[C@H](O)c1nccn1CC1=NOC(c2ccc(C#Cc3ccc(OCCO)cc3)cc2)C1. The van der Waals surface area contributed by atoms with Crippen LogP contribution in [0.4, 0.5) is 0 Å². The van der Waals surface area contributed by atoms with Gasteiger partial charge in [-0.25, -0.2) is 4.98 Å². The molecule has 2 N–H and O–H groups in total. The highest BCUT2D eigenvalue weighted by molar-refractivity contribution is 5.85. The molecule has 1 unspecified atom stereocenters. The second kappa shape index (κ2) is 10.1. The standard InChI is InChI=1S/C25H25N3O4/c1-18(30)25-26-12-13-28(25)17-22-16-24(32-27-22)21-8-4-19(5-9-21)2-3-20-6-10-23(11-7-20)31-15-14-29/h4-13,18,24,29-30H,14-17H2,1H3/t18-,24?/m0/s1. The zero-order valence-corrected chi connectivity index (χ0v) is 17.8. The molecule has 0 saturated heterocycles. The molecule has 2 atom stereocenters. The second-order valence-electron chi connectivity index (χ2n) is 7.51. The van der Waals surface area contributed by atoms with Crippen LogP contribution in [0.1, 0.15) is 48.1 Å². The first-order valence-corrected chi connectivity index (χ1v) is 10.5. The minimum Gasteiger partial charge on any atom is -0.491 e. The van der Waals surface area contributed by atoms with Gasteiger partial charge in [0.05, 0.1) is 18.9 Å². The van der Waals surface area contributed by atoms with E-state index in [9.17, 15) is 5.11 Å². The lowest BCUT2D eigenvalue weighted by molar-refractivity contribution is 0.0857. The van der Waals surface area contributed by atoms with Crippen LogP contribution in [0.2, 0.25) is 0 Å². The third-order valence-corrected chi connectivity index (χ3v) is 5.05. The number of aliphatic hydroxyl groups is 2. The molecule has 0 fully saturated rings. The smallest absolute Gasteiger partial charge is 0.157 e. The Labute approximate surface area is 186 Å². The predicted molar refractivity (Wildman–Crippen MR) is 120 cm³/mol. The highest BCUT2D eigenvalue weighted by Crippen LogP contribution is 2.28. The quantitative estimate of drug-likeness (QED) is 0.561. The summed E-state index contributed by atoms with van der Waals surface area (Å²) >= 11 is 0. The zero-order chi connectivity index (χ0) is 22.3. The van der Waals surface area contributed by atoms with Crippen LogP contribution < -0.4 is 4.74 Å². The van der Waals surface area contributed by atoms with Crippen LogP contribution in [-0.4, -0.2) is 38.7 Å². The van der Waals surface area contributed by atoms with E-state index in [2.05, 4.69) is 22.0 Å². The Kier molecular flexibility index (Phi) is 6.85. The minimum atomic E-state index is -0.630. The normalized spacial score (nSPS) is 16.0. The van der Waals surface area contributed by atoms with Crippen LogP contribution in [0.3, 0.4) is 0 Å². The van der Waals surface area contributed by atoms with Crippen molar-refractivity contribution in [2.24, 2.45) is 5.16 Å². The van der Waals surface area contributed by atoms with Gasteiger partial charge >= 0.3 is 0 Å². The van der Waals surface area contributed by atoms with E-state index in [0.29, 0.717) is 24.5 Å². The van der Waals surface area contributed by atoms with Crippen molar-refractivity contribution in [3.8, 4) is 17.6 Å². The van der Waals surface area contributed by atoms with Gasteiger partial charge in [0, 0.05) is 29.9 Å². The van der Waals surface area contributed by atoms with Crippen molar-refractivity contribution in [1.29, 1.82) is 0 Å². The number of benzene rings is 2. The Bertz CT molecular complexity index is 1120. The Morgan fingerprint density at radius 2 is 1.81 bits per heavy atom. The van der Waals surface area contributed by atoms with Crippen LogP contribution in [0.5, 0.6) is 5.75 Å². The largest absolute Gasteiger partial charge is 0.491 e. The average Bonchev–Trinajstić information content (AvgIpc) is 3.47. The Balaban J connectivity index is 1.34. The van der Waals surface area contributed by atoms with E-state index >= 15 is 0 Å². The van der Waals surface area contributed by atoms with Crippen LogP contribution >= 0.6 is 0 Å². The topological polar surface area (TPSA) is 89.1 Å². The molecular formula is C25H25N3O4. The van der Waals surface area contributed by atoms with Gasteiger partial charge in [-0.3, -0.25) is 0 Å². The molecule has 2 heterocycles. The zero-order valence-electron chi connectivity index (χ0n) is 17.8. The van der Waals surface area contributed by atoms with Crippen LogP contribution in [-0.2, 0) is 11.4 Å². The van der Waals surface area contributed by atoms with Gasteiger partial charge in [0.1, 0.15) is 24.3 Å². The highest BCUT2D eigenvalue weighted by atomic mass is 16.6. The number of aromatic nitrogens is 2. The van der Waals surface area contributed by atoms with Crippen molar-refractivity contribution in [3.63, 3.8) is 0 Å². The molecule has 164 valence electrons. The third kappa shape index (κ3) is 5.35. The molecule has 3 aromatic rings. The van der Waals surface area contributed by atoms with E-state index in [1.165, 1.54) is 0 Å². The van der Waals surface area contributed by atoms with Gasteiger partial charge in [0.2, 0.25) is 0 Å². The van der Waals surface area contributed by atoms with Gasteiger partial charge < -0.3 is 24.4 Å². The van der Waals surface area contributed by atoms with E-state index < -0.39 is 6.10 Å². The van der Waals surface area contributed by atoms with E-state index in [0.717, 1.165) is 22.4 Å². The van der Waals surface area contributed by atoms with Crippen molar-refractivity contribution >= 4 is 5.71 Å². The summed E-state index contributed by atoms with van der Waals surface area (Å²) in [4.78, 5) is 9.83. The number of oxime groups is 1. The summed E-state index contributed by atoms with van der Waals surface area (Å²) in [6.07, 6.45) is 3.44. The number of nitrogens with zero attached hydrogens (tertiary/aromatic N) is 3. The number of ether oxygens (including phenoxy) is 1. The average molecular weight is 431 g/mol. The number of imidazole rings is 1. The van der Waals surface area contributed by atoms with Crippen molar-refractivity contribution in [2.45, 2.75) is 32.1 Å². The molecule has 1 aliphatic rings. The van der Waals surface area contributed by atoms with Gasteiger partial charge in [-0.15, -0.1) is 0 Å². The fraction of sp³-hybridized carbons (Fsp3) is 0.280. The monoisotopic (exact) mass is 431 g/mol. The molecule has 0 aliphatic carbocycles. The summed E-state index contributed by atoms with van der Waals surface area (Å²) in [6, 6.07) is 15.4. The molecule has 7 nitrogen and oxygen atoms in total. The summed E-state index contributed by atoms with van der Waals surface area (Å²) < 4.78 is 7.24. The summed E-state index contributed by atoms with van der Waals surface area (Å²) in [5, 5.41) is 22.8. The van der Waals surface area contributed by atoms with Crippen LogP contribution in [0.15, 0.2) is 66.1 Å². The van der Waals surface area contributed by atoms with E-state index in [1.54, 1.807) is 13.1 Å². The molecule has 0 radical (unpaired) electrons. The van der Waals surface area contributed by atoms with Gasteiger partial charge in [0.15, 0.2) is 6.10 Å². The maximum Gasteiger partial charge on any atom is 0.157 e. The van der Waals surface area contributed by atoms with Gasteiger partial charge in [0.25, 0.3) is 0 Å². The van der Waals surface area contributed by atoms with E-state index in [1.807, 2.05) is 59.3 Å². The Hall–Kier alpha value is -3.60. The highest BCUT2D eigenvalue weighted by Gasteiger charge is 2.23. The molecule has 1 aliphatic heterocycles. The maximum atomic E-state index is 9.80. The lowest BCUT2D eigenvalue weighted by atomic mass is 10.0. The second-order valence-corrected chi connectivity index (χ2v) is 7.51. The lowest BCUT2D eigenvalue weighted by Gasteiger charge is -2.10. The first kappa shape index (κ1) is 21.6. The molecule has 4 rings (SSSR count). The van der Waals surface area contributed by atoms with Crippen LogP contribution in [0, 0.1) is 11.8 Å². The van der Waals surface area contributed by atoms with Crippen LogP contribution in [0.25, 0.3) is 0 Å². The first-order valence-electron chi connectivity index (χ1n) is 10.5. The van der Waals surface area contributed by atoms with Gasteiger partial charge in [-0.05, 0) is 48.9 Å². The molecule has 0 spiro atoms. The number of rotatable bonds is 7.